The SMILES string of the molecule is CC(C)Oc1ccc(CN2CCn3nc4c(c3C2=O)CN(C(=O)c2ccc(Cl)c(Cl)c2)[C@H](C)C4)cc1. The molecule has 0 saturated carbocycles. The first-order valence-electron chi connectivity index (χ1n) is 12.1. The van der Waals surface area contributed by atoms with Crippen molar-refractivity contribution in [3.05, 3.63) is 80.6 Å². The van der Waals surface area contributed by atoms with E-state index in [2.05, 4.69) is 0 Å². The zero-order chi connectivity index (χ0) is 25.6. The summed E-state index contributed by atoms with van der Waals surface area (Å²) in [7, 11) is 0. The molecule has 2 aromatic carbocycles. The highest BCUT2D eigenvalue weighted by Crippen LogP contribution is 2.31. The number of amides is 2. The van der Waals surface area contributed by atoms with Gasteiger partial charge >= 0.3 is 0 Å². The molecule has 0 fully saturated rings. The van der Waals surface area contributed by atoms with Crippen LogP contribution in [0.5, 0.6) is 5.75 Å². The number of ether oxygens (including phenoxy) is 1. The topological polar surface area (TPSA) is 67.7 Å². The molecule has 2 aliphatic rings. The predicted molar refractivity (Wildman–Crippen MR) is 139 cm³/mol. The van der Waals surface area contributed by atoms with Crippen LogP contribution in [0.4, 0.5) is 0 Å². The van der Waals surface area contributed by atoms with Gasteiger partial charge in [0.2, 0.25) is 0 Å². The summed E-state index contributed by atoms with van der Waals surface area (Å²) in [5, 5.41) is 5.48. The molecule has 0 unspecified atom stereocenters. The lowest BCUT2D eigenvalue weighted by Gasteiger charge is -2.34. The Bertz CT molecular complexity index is 1320. The van der Waals surface area contributed by atoms with Gasteiger partial charge in [-0.15, -0.1) is 0 Å². The summed E-state index contributed by atoms with van der Waals surface area (Å²) in [4.78, 5) is 30.6. The third-order valence-electron chi connectivity index (χ3n) is 6.65. The number of carbonyl (C=O) groups is 2. The molecule has 1 atom stereocenters. The van der Waals surface area contributed by atoms with E-state index in [4.69, 9.17) is 33.0 Å². The van der Waals surface area contributed by atoms with E-state index >= 15 is 0 Å². The molecular weight excluding hydrogens is 499 g/mol. The highest BCUT2D eigenvalue weighted by atomic mass is 35.5. The highest BCUT2D eigenvalue weighted by molar-refractivity contribution is 6.42. The molecule has 0 saturated heterocycles. The van der Waals surface area contributed by atoms with Crippen LogP contribution in [0.1, 0.15) is 58.4 Å². The van der Waals surface area contributed by atoms with Crippen LogP contribution < -0.4 is 4.74 Å². The van der Waals surface area contributed by atoms with Crippen LogP contribution in [0.3, 0.4) is 0 Å². The van der Waals surface area contributed by atoms with Crippen molar-refractivity contribution in [2.45, 2.75) is 59.0 Å². The van der Waals surface area contributed by atoms with Crippen molar-refractivity contribution in [1.29, 1.82) is 0 Å². The van der Waals surface area contributed by atoms with Gasteiger partial charge in [-0.05, 0) is 56.7 Å². The Morgan fingerprint density at radius 2 is 1.86 bits per heavy atom. The maximum absolute atomic E-state index is 13.6. The van der Waals surface area contributed by atoms with Crippen molar-refractivity contribution >= 4 is 35.0 Å². The molecule has 0 N–H and O–H groups in total. The molecule has 3 heterocycles. The maximum Gasteiger partial charge on any atom is 0.272 e. The van der Waals surface area contributed by atoms with Gasteiger partial charge in [0.1, 0.15) is 11.4 Å². The van der Waals surface area contributed by atoms with Gasteiger partial charge < -0.3 is 14.5 Å². The lowest BCUT2D eigenvalue weighted by molar-refractivity contribution is 0.0637. The average molecular weight is 527 g/mol. The van der Waals surface area contributed by atoms with Crippen LogP contribution >= 0.6 is 23.2 Å². The third kappa shape index (κ3) is 4.70. The largest absolute Gasteiger partial charge is 0.491 e. The molecular formula is C27H28Cl2N4O3. The van der Waals surface area contributed by atoms with E-state index in [0.717, 1.165) is 22.6 Å². The number of hydrogen-bond donors (Lipinski definition) is 0. The normalized spacial score (nSPS) is 17.3. The molecule has 0 aliphatic carbocycles. The summed E-state index contributed by atoms with van der Waals surface area (Å²) in [6, 6.07) is 12.7. The van der Waals surface area contributed by atoms with Crippen molar-refractivity contribution in [3.63, 3.8) is 0 Å². The smallest absolute Gasteiger partial charge is 0.272 e. The Hall–Kier alpha value is -3.03. The second-order valence-electron chi connectivity index (χ2n) is 9.65. The van der Waals surface area contributed by atoms with Gasteiger partial charge in [-0.25, -0.2) is 0 Å². The molecule has 0 bridgehead atoms. The molecule has 1 aromatic heterocycles. The molecule has 0 spiro atoms. The van der Waals surface area contributed by atoms with E-state index in [1.54, 1.807) is 23.1 Å². The molecule has 0 radical (unpaired) electrons. The van der Waals surface area contributed by atoms with Crippen molar-refractivity contribution in [1.82, 2.24) is 19.6 Å². The van der Waals surface area contributed by atoms with Crippen LogP contribution in [0.15, 0.2) is 42.5 Å². The fraction of sp³-hybridized carbons (Fsp3) is 0.370. The Morgan fingerprint density at radius 1 is 1.11 bits per heavy atom. The van der Waals surface area contributed by atoms with Crippen molar-refractivity contribution in [2.24, 2.45) is 0 Å². The first-order chi connectivity index (χ1) is 17.2. The van der Waals surface area contributed by atoms with Gasteiger partial charge in [-0.2, -0.15) is 5.10 Å². The van der Waals surface area contributed by atoms with E-state index in [1.165, 1.54) is 0 Å². The van der Waals surface area contributed by atoms with E-state index < -0.39 is 0 Å². The Morgan fingerprint density at radius 3 is 2.56 bits per heavy atom. The number of fused-ring (bicyclic) bond motifs is 3. The summed E-state index contributed by atoms with van der Waals surface area (Å²) in [6.45, 7) is 8.01. The van der Waals surface area contributed by atoms with Crippen LogP contribution in [0.25, 0.3) is 0 Å². The van der Waals surface area contributed by atoms with E-state index in [-0.39, 0.29) is 24.0 Å². The third-order valence-corrected chi connectivity index (χ3v) is 7.39. The minimum atomic E-state index is -0.143. The first kappa shape index (κ1) is 24.7. The van der Waals surface area contributed by atoms with Gasteiger partial charge in [0.25, 0.3) is 11.8 Å². The van der Waals surface area contributed by atoms with Gasteiger partial charge in [0, 0.05) is 36.7 Å². The molecule has 3 aromatic rings. The first-order valence-corrected chi connectivity index (χ1v) is 12.9. The Balaban J connectivity index is 1.36. The molecule has 7 nitrogen and oxygen atoms in total. The van der Waals surface area contributed by atoms with Crippen LogP contribution in [-0.4, -0.2) is 50.1 Å². The number of aromatic nitrogens is 2. The summed E-state index contributed by atoms with van der Waals surface area (Å²) in [5.41, 5.74) is 3.80. The summed E-state index contributed by atoms with van der Waals surface area (Å²) in [5.74, 6) is 0.608. The minimum absolute atomic E-state index is 0.0609. The van der Waals surface area contributed by atoms with Crippen LogP contribution in [-0.2, 0) is 26.1 Å². The lowest BCUT2D eigenvalue weighted by Crippen LogP contribution is -2.44. The molecule has 2 amide bonds. The van der Waals surface area contributed by atoms with Crippen molar-refractivity contribution in [3.8, 4) is 5.75 Å². The molecule has 36 heavy (non-hydrogen) atoms. The lowest BCUT2D eigenvalue weighted by atomic mass is 9.97. The van der Waals surface area contributed by atoms with Gasteiger partial charge in [-0.3, -0.25) is 14.3 Å². The average Bonchev–Trinajstić information content (AvgIpc) is 3.20. The maximum atomic E-state index is 13.6. The zero-order valence-corrected chi connectivity index (χ0v) is 22.0. The number of rotatable bonds is 5. The fourth-order valence-electron chi connectivity index (χ4n) is 4.85. The summed E-state index contributed by atoms with van der Waals surface area (Å²) < 4.78 is 7.53. The minimum Gasteiger partial charge on any atom is -0.491 e. The Kier molecular flexibility index (Phi) is 6.70. The number of carbonyl (C=O) groups excluding carboxylic acids is 2. The number of halogens is 2. The van der Waals surface area contributed by atoms with Crippen LogP contribution in [0, 0.1) is 0 Å². The van der Waals surface area contributed by atoms with Gasteiger partial charge in [-0.1, -0.05) is 35.3 Å². The molecule has 9 heteroatoms. The highest BCUT2D eigenvalue weighted by Gasteiger charge is 2.37. The monoisotopic (exact) mass is 526 g/mol. The predicted octanol–water partition coefficient (Wildman–Crippen LogP) is 5.22. The second kappa shape index (κ2) is 9.79. The van der Waals surface area contributed by atoms with E-state index in [1.807, 2.05) is 54.6 Å². The molecule has 188 valence electrons. The molecule has 5 rings (SSSR count). The second-order valence-corrected chi connectivity index (χ2v) is 10.5. The summed E-state index contributed by atoms with van der Waals surface area (Å²) >= 11 is 12.2. The van der Waals surface area contributed by atoms with Crippen molar-refractivity contribution in [2.75, 3.05) is 6.54 Å². The fourth-order valence-corrected chi connectivity index (χ4v) is 5.14. The van der Waals surface area contributed by atoms with Crippen LogP contribution in [0.2, 0.25) is 10.0 Å². The zero-order valence-electron chi connectivity index (χ0n) is 20.5. The van der Waals surface area contributed by atoms with Gasteiger partial charge in [0.05, 0.1) is 34.9 Å². The number of benzene rings is 2. The van der Waals surface area contributed by atoms with E-state index in [9.17, 15) is 9.59 Å². The quantitative estimate of drug-likeness (QED) is 0.457. The van der Waals surface area contributed by atoms with E-state index in [0.29, 0.717) is 53.9 Å². The Labute approximate surface area is 220 Å². The number of nitrogens with zero attached hydrogens (tertiary/aromatic N) is 4. The van der Waals surface area contributed by atoms with Gasteiger partial charge in [0.15, 0.2) is 0 Å². The number of hydrogen-bond acceptors (Lipinski definition) is 4. The molecule has 2 aliphatic heterocycles. The van der Waals surface area contributed by atoms with Crippen molar-refractivity contribution < 1.29 is 14.3 Å². The standard InChI is InChI=1S/C27H28Cl2N4O3/c1-16(2)36-20-7-4-18(5-8-20)14-31-10-11-33-25(27(31)35)21-15-32(17(3)12-24(21)30-33)26(34)19-6-9-22(28)23(29)13-19/h4-9,13,16-17H,10-12,14-15H2,1-3H3/t17-/m1/s1. The summed E-state index contributed by atoms with van der Waals surface area (Å²) in [6.07, 6.45) is 0.698.